The lowest BCUT2D eigenvalue weighted by molar-refractivity contribution is -0.137. The Kier molecular flexibility index (Phi) is 6.06. The Morgan fingerprint density at radius 1 is 1.09 bits per heavy atom. The van der Waals surface area contributed by atoms with E-state index >= 15 is 0 Å². The molecule has 168 valence electrons. The number of nitrogens with zero attached hydrogens (tertiary/aromatic N) is 3. The number of amides is 1. The molecule has 4 rings (SSSR count). The highest BCUT2D eigenvalue weighted by molar-refractivity contribution is 5.95. The van der Waals surface area contributed by atoms with Crippen molar-refractivity contribution in [2.75, 3.05) is 13.1 Å². The van der Waals surface area contributed by atoms with E-state index in [2.05, 4.69) is 5.10 Å². The van der Waals surface area contributed by atoms with Gasteiger partial charge in [0.2, 0.25) is 0 Å². The van der Waals surface area contributed by atoms with Gasteiger partial charge in [-0.15, -0.1) is 0 Å². The maximum Gasteiger partial charge on any atom is 0.416 e. The largest absolute Gasteiger partial charge is 0.416 e. The summed E-state index contributed by atoms with van der Waals surface area (Å²) in [5.74, 6) is -0.135. The van der Waals surface area contributed by atoms with Gasteiger partial charge in [0.25, 0.3) is 5.91 Å². The summed E-state index contributed by atoms with van der Waals surface area (Å²) in [6.45, 7) is 2.68. The first-order chi connectivity index (χ1) is 15.3. The van der Waals surface area contributed by atoms with Crippen molar-refractivity contribution in [3.8, 4) is 5.69 Å². The minimum atomic E-state index is -4.45. The van der Waals surface area contributed by atoms with Crippen LogP contribution in [-0.4, -0.2) is 38.8 Å². The molecule has 8 heteroatoms. The van der Waals surface area contributed by atoms with Crippen LogP contribution in [0.15, 0.2) is 60.8 Å². The summed E-state index contributed by atoms with van der Waals surface area (Å²) >= 11 is 0. The van der Waals surface area contributed by atoms with Crippen LogP contribution < -0.4 is 0 Å². The molecule has 0 spiro atoms. The molecule has 1 amide bonds. The maximum absolute atomic E-state index is 13.1. The minimum Gasteiger partial charge on any atom is -0.388 e. The van der Waals surface area contributed by atoms with Crippen molar-refractivity contribution in [2.45, 2.75) is 32.0 Å². The van der Waals surface area contributed by atoms with Crippen LogP contribution in [0.3, 0.4) is 0 Å². The molecule has 1 atom stereocenters. The Morgan fingerprint density at radius 2 is 1.78 bits per heavy atom. The van der Waals surface area contributed by atoms with E-state index in [9.17, 15) is 23.1 Å². The number of likely N-dealkylation sites (tertiary alicyclic amines) is 1. The number of hydrogen-bond acceptors (Lipinski definition) is 3. The molecule has 1 fully saturated rings. The molecule has 2 heterocycles. The lowest BCUT2D eigenvalue weighted by atomic mass is 9.87. The molecule has 1 N–H and O–H groups in total. The van der Waals surface area contributed by atoms with Crippen LogP contribution in [0, 0.1) is 12.8 Å². The van der Waals surface area contributed by atoms with Crippen molar-refractivity contribution in [1.82, 2.24) is 14.7 Å². The number of alkyl halides is 3. The van der Waals surface area contributed by atoms with E-state index in [1.54, 1.807) is 11.8 Å². The van der Waals surface area contributed by atoms with E-state index in [-0.39, 0.29) is 17.5 Å². The fourth-order valence-corrected chi connectivity index (χ4v) is 4.20. The molecule has 0 unspecified atom stereocenters. The molecule has 0 saturated carbocycles. The topological polar surface area (TPSA) is 58.4 Å². The van der Waals surface area contributed by atoms with Crippen LogP contribution >= 0.6 is 0 Å². The molecule has 32 heavy (non-hydrogen) atoms. The molecule has 0 bridgehead atoms. The zero-order valence-corrected chi connectivity index (χ0v) is 17.6. The van der Waals surface area contributed by atoms with Gasteiger partial charge in [0, 0.05) is 13.1 Å². The van der Waals surface area contributed by atoms with E-state index in [1.807, 2.05) is 30.3 Å². The first-order valence-electron chi connectivity index (χ1n) is 10.5. The van der Waals surface area contributed by atoms with Gasteiger partial charge in [-0.05, 0) is 49.4 Å². The third kappa shape index (κ3) is 4.41. The van der Waals surface area contributed by atoms with Gasteiger partial charge in [0.15, 0.2) is 0 Å². The van der Waals surface area contributed by atoms with Crippen molar-refractivity contribution >= 4 is 5.91 Å². The van der Waals surface area contributed by atoms with Crippen molar-refractivity contribution < 1.29 is 23.1 Å². The smallest absolute Gasteiger partial charge is 0.388 e. The third-order valence-electron chi connectivity index (χ3n) is 6.07. The number of carbonyl (C=O) groups is 1. The lowest BCUT2D eigenvalue weighted by Gasteiger charge is -2.34. The summed E-state index contributed by atoms with van der Waals surface area (Å²) < 4.78 is 40.5. The third-order valence-corrected chi connectivity index (χ3v) is 6.07. The molecular weight excluding hydrogens is 419 g/mol. The number of carbonyl (C=O) groups excluding carboxylic acids is 1. The summed E-state index contributed by atoms with van der Waals surface area (Å²) in [6.07, 6.45) is -2.28. The van der Waals surface area contributed by atoms with Crippen LogP contribution in [0.25, 0.3) is 5.69 Å². The molecule has 1 aromatic heterocycles. The first-order valence-corrected chi connectivity index (χ1v) is 10.5. The quantitative estimate of drug-likeness (QED) is 0.631. The number of aliphatic hydroxyl groups is 1. The number of rotatable bonds is 4. The number of piperidine rings is 1. The Bertz CT molecular complexity index is 1090. The average Bonchev–Trinajstić information content (AvgIpc) is 3.19. The first kappa shape index (κ1) is 22.1. The Labute approximate surface area is 184 Å². The van der Waals surface area contributed by atoms with Crippen LogP contribution in [0.1, 0.15) is 46.1 Å². The summed E-state index contributed by atoms with van der Waals surface area (Å²) in [5, 5.41) is 14.8. The van der Waals surface area contributed by atoms with Crippen LogP contribution in [0.2, 0.25) is 0 Å². The van der Waals surface area contributed by atoms with Gasteiger partial charge in [0.05, 0.1) is 34.8 Å². The Hall–Kier alpha value is -3.13. The monoisotopic (exact) mass is 443 g/mol. The predicted molar refractivity (Wildman–Crippen MR) is 113 cm³/mol. The van der Waals surface area contributed by atoms with E-state index in [1.165, 1.54) is 23.0 Å². The highest BCUT2D eigenvalue weighted by Gasteiger charge is 2.32. The van der Waals surface area contributed by atoms with Crippen LogP contribution in [-0.2, 0) is 6.18 Å². The van der Waals surface area contributed by atoms with Crippen molar-refractivity contribution in [3.05, 3.63) is 83.2 Å². The highest BCUT2D eigenvalue weighted by atomic mass is 19.4. The fraction of sp³-hybridized carbons (Fsp3) is 0.333. The zero-order chi connectivity index (χ0) is 22.9. The Balaban J connectivity index is 1.46. The molecule has 0 aliphatic carbocycles. The van der Waals surface area contributed by atoms with Crippen LogP contribution in [0.5, 0.6) is 0 Å². The fourth-order valence-electron chi connectivity index (χ4n) is 4.20. The van der Waals surface area contributed by atoms with Crippen molar-refractivity contribution in [1.29, 1.82) is 0 Å². The maximum atomic E-state index is 13.1. The van der Waals surface area contributed by atoms with Gasteiger partial charge in [-0.1, -0.05) is 36.4 Å². The summed E-state index contributed by atoms with van der Waals surface area (Å²) in [6, 6.07) is 14.3. The number of halogens is 3. The van der Waals surface area contributed by atoms with Gasteiger partial charge in [0.1, 0.15) is 0 Å². The van der Waals surface area contributed by atoms with E-state index < -0.39 is 17.8 Å². The van der Waals surface area contributed by atoms with E-state index in [4.69, 9.17) is 0 Å². The number of benzene rings is 2. The molecule has 5 nitrogen and oxygen atoms in total. The average molecular weight is 443 g/mol. The standard InChI is InChI=1S/C24H24F3N3O2/c1-16-21(15-28-30(16)20-9-5-8-19(14-20)24(25,26)27)23(32)29-12-10-18(11-13-29)22(31)17-6-3-2-4-7-17/h2-9,14-15,18,22,31H,10-13H2,1H3/t22-/m1/s1. The Morgan fingerprint density at radius 3 is 2.44 bits per heavy atom. The molecular formula is C24H24F3N3O2. The second kappa shape index (κ2) is 8.78. The minimum absolute atomic E-state index is 0.0652. The summed E-state index contributed by atoms with van der Waals surface area (Å²) in [7, 11) is 0. The number of hydrogen-bond donors (Lipinski definition) is 1. The second-order valence-corrected chi connectivity index (χ2v) is 8.09. The van der Waals surface area contributed by atoms with Crippen molar-refractivity contribution in [2.24, 2.45) is 5.92 Å². The van der Waals surface area contributed by atoms with E-state index in [0.717, 1.165) is 17.7 Å². The van der Waals surface area contributed by atoms with Crippen molar-refractivity contribution in [3.63, 3.8) is 0 Å². The van der Waals surface area contributed by atoms with Gasteiger partial charge in [-0.25, -0.2) is 4.68 Å². The van der Waals surface area contributed by atoms with Gasteiger partial charge >= 0.3 is 6.18 Å². The summed E-state index contributed by atoms with van der Waals surface area (Å²) in [5.41, 5.74) is 1.21. The van der Waals surface area contributed by atoms with Crippen LogP contribution in [0.4, 0.5) is 13.2 Å². The number of aromatic nitrogens is 2. The molecule has 2 aromatic carbocycles. The van der Waals surface area contributed by atoms with Gasteiger partial charge < -0.3 is 10.0 Å². The number of aliphatic hydroxyl groups excluding tert-OH is 1. The van der Waals surface area contributed by atoms with Gasteiger partial charge in [-0.2, -0.15) is 18.3 Å². The molecule has 1 aliphatic heterocycles. The molecule has 1 aliphatic rings. The molecule has 1 saturated heterocycles. The van der Waals surface area contributed by atoms with Gasteiger partial charge in [-0.3, -0.25) is 4.79 Å². The van der Waals surface area contributed by atoms with E-state index in [0.29, 0.717) is 37.2 Å². The lowest BCUT2D eigenvalue weighted by Crippen LogP contribution is -2.40. The zero-order valence-electron chi connectivity index (χ0n) is 17.6. The SMILES string of the molecule is Cc1c(C(=O)N2CCC([C@H](O)c3ccccc3)CC2)cnn1-c1cccc(C(F)(F)F)c1. The second-order valence-electron chi connectivity index (χ2n) is 8.09. The normalized spacial score (nSPS) is 16.2. The summed E-state index contributed by atoms with van der Waals surface area (Å²) in [4.78, 5) is 14.8. The predicted octanol–water partition coefficient (Wildman–Crippen LogP) is 4.79. The molecule has 0 radical (unpaired) electrons. The highest BCUT2D eigenvalue weighted by Crippen LogP contribution is 2.32. The molecule has 3 aromatic rings.